The van der Waals surface area contributed by atoms with Gasteiger partial charge in [0, 0.05) is 18.8 Å². The molecule has 7 nitrogen and oxygen atoms in total. The number of esters is 1. The molecule has 1 heterocycles. The Morgan fingerprint density at radius 3 is 2.35 bits per heavy atom. The van der Waals surface area contributed by atoms with Gasteiger partial charge in [0.15, 0.2) is 6.10 Å². The summed E-state index contributed by atoms with van der Waals surface area (Å²) in [4.78, 5) is 25.2. The molecule has 3 rings (SSSR count). The van der Waals surface area contributed by atoms with Crippen molar-refractivity contribution < 1.29 is 22.7 Å². The SMILES string of the molecule is Cc1ccc(C)c(NC(=O)C(C)OC(=O)C2CCN(S(=O)(=O)c3ccccc3)CC2)c1. The maximum Gasteiger partial charge on any atom is 0.309 e. The second kappa shape index (κ2) is 9.62. The minimum absolute atomic E-state index is 0.236. The second-order valence-corrected chi connectivity index (χ2v) is 9.82. The second-order valence-electron chi connectivity index (χ2n) is 7.88. The van der Waals surface area contributed by atoms with Gasteiger partial charge in [0.05, 0.1) is 10.8 Å². The third kappa shape index (κ3) is 5.51. The van der Waals surface area contributed by atoms with Crippen molar-refractivity contribution in [3.63, 3.8) is 0 Å². The number of hydrogen-bond acceptors (Lipinski definition) is 5. The topological polar surface area (TPSA) is 92.8 Å². The van der Waals surface area contributed by atoms with Gasteiger partial charge in [-0.25, -0.2) is 8.42 Å². The molecule has 1 fully saturated rings. The molecule has 8 heteroatoms. The van der Waals surface area contributed by atoms with E-state index in [0.29, 0.717) is 18.5 Å². The molecule has 2 aromatic rings. The molecule has 0 spiro atoms. The molecule has 0 saturated carbocycles. The molecule has 31 heavy (non-hydrogen) atoms. The summed E-state index contributed by atoms with van der Waals surface area (Å²) in [5.74, 6) is -1.30. The van der Waals surface area contributed by atoms with E-state index in [9.17, 15) is 18.0 Å². The third-order valence-corrected chi connectivity index (χ3v) is 7.39. The van der Waals surface area contributed by atoms with Crippen LogP contribution >= 0.6 is 0 Å². The highest BCUT2D eigenvalue weighted by Crippen LogP contribution is 2.25. The molecule has 0 bridgehead atoms. The van der Waals surface area contributed by atoms with Gasteiger partial charge in [0.25, 0.3) is 5.91 Å². The molecule has 2 aromatic carbocycles. The van der Waals surface area contributed by atoms with E-state index in [4.69, 9.17) is 4.74 Å². The van der Waals surface area contributed by atoms with Crippen LogP contribution in [0.1, 0.15) is 30.9 Å². The van der Waals surface area contributed by atoms with E-state index in [1.807, 2.05) is 32.0 Å². The van der Waals surface area contributed by atoms with E-state index in [1.54, 1.807) is 30.3 Å². The number of sulfonamides is 1. The summed E-state index contributed by atoms with van der Waals surface area (Å²) in [6.45, 7) is 5.83. The molecule has 1 atom stereocenters. The van der Waals surface area contributed by atoms with Crippen molar-refractivity contribution in [2.24, 2.45) is 5.92 Å². The Morgan fingerprint density at radius 1 is 1.06 bits per heavy atom. The fraction of sp³-hybridized carbons (Fsp3) is 0.391. The lowest BCUT2D eigenvalue weighted by atomic mass is 9.98. The monoisotopic (exact) mass is 444 g/mol. The molecule has 166 valence electrons. The molecule has 1 N–H and O–H groups in total. The van der Waals surface area contributed by atoms with Crippen molar-refractivity contribution in [2.75, 3.05) is 18.4 Å². The van der Waals surface area contributed by atoms with Crippen LogP contribution in [-0.4, -0.2) is 43.8 Å². The number of ether oxygens (including phenoxy) is 1. The first-order valence-corrected chi connectivity index (χ1v) is 11.8. The zero-order valence-electron chi connectivity index (χ0n) is 18.0. The van der Waals surface area contributed by atoms with Crippen molar-refractivity contribution in [2.45, 2.75) is 44.6 Å². The third-order valence-electron chi connectivity index (χ3n) is 5.48. The maximum atomic E-state index is 12.7. The standard InChI is InChI=1S/C23H28N2O5S/c1-16-9-10-17(2)21(15-16)24-22(26)18(3)30-23(27)19-11-13-25(14-12-19)31(28,29)20-7-5-4-6-8-20/h4-10,15,18-19H,11-14H2,1-3H3,(H,24,26). The van der Waals surface area contributed by atoms with Gasteiger partial charge in [0.2, 0.25) is 10.0 Å². The number of nitrogens with zero attached hydrogens (tertiary/aromatic N) is 1. The Bertz CT molecular complexity index is 1040. The van der Waals surface area contributed by atoms with E-state index in [1.165, 1.54) is 11.2 Å². The van der Waals surface area contributed by atoms with Gasteiger partial charge >= 0.3 is 5.97 Å². The molecular formula is C23H28N2O5S. The Labute approximate surface area is 183 Å². The fourth-order valence-corrected chi connectivity index (χ4v) is 4.99. The van der Waals surface area contributed by atoms with Gasteiger partial charge in [-0.05, 0) is 62.9 Å². The zero-order chi connectivity index (χ0) is 22.6. The molecule has 0 radical (unpaired) electrons. The highest BCUT2D eigenvalue weighted by molar-refractivity contribution is 7.89. The highest BCUT2D eigenvalue weighted by Gasteiger charge is 2.33. The first kappa shape index (κ1) is 23.0. The van der Waals surface area contributed by atoms with Crippen LogP contribution in [0.25, 0.3) is 0 Å². The number of amides is 1. The smallest absolute Gasteiger partial charge is 0.309 e. The van der Waals surface area contributed by atoms with Gasteiger partial charge < -0.3 is 10.1 Å². The normalized spacial score (nSPS) is 16.5. The number of piperidine rings is 1. The molecule has 1 saturated heterocycles. The van der Waals surface area contributed by atoms with Crippen molar-refractivity contribution in [1.29, 1.82) is 0 Å². The molecule has 1 aliphatic rings. The summed E-state index contributed by atoms with van der Waals surface area (Å²) in [7, 11) is -3.57. The Hall–Kier alpha value is -2.71. The van der Waals surface area contributed by atoms with Crippen LogP contribution in [0.15, 0.2) is 53.4 Å². The van der Waals surface area contributed by atoms with Crippen molar-refractivity contribution in [1.82, 2.24) is 4.31 Å². The summed E-state index contributed by atoms with van der Waals surface area (Å²) in [6.07, 6.45) is -0.231. The predicted molar refractivity (Wildman–Crippen MR) is 118 cm³/mol. The number of carbonyl (C=O) groups excluding carboxylic acids is 2. The summed E-state index contributed by atoms with van der Waals surface area (Å²) in [5, 5.41) is 2.80. The van der Waals surface area contributed by atoms with E-state index < -0.39 is 33.9 Å². The first-order valence-electron chi connectivity index (χ1n) is 10.3. The van der Waals surface area contributed by atoms with Crippen LogP contribution in [-0.2, 0) is 24.3 Å². The predicted octanol–water partition coefficient (Wildman–Crippen LogP) is 3.27. The molecule has 1 aliphatic heterocycles. The Morgan fingerprint density at radius 2 is 1.71 bits per heavy atom. The van der Waals surface area contributed by atoms with E-state index in [0.717, 1.165) is 11.1 Å². The maximum absolute atomic E-state index is 12.7. The van der Waals surface area contributed by atoms with Gasteiger partial charge in [-0.15, -0.1) is 0 Å². The molecule has 1 amide bonds. The summed E-state index contributed by atoms with van der Waals surface area (Å²) >= 11 is 0. The lowest BCUT2D eigenvalue weighted by Crippen LogP contribution is -2.41. The van der Waals surface area contributed by atoms with Crippen molar-refractivity contribution >= 4 is 27.6 Å². The minimum Gasteiger partial charge on any atom is -0.452 e. The van der Waals surface area contributed by atoms with Gasteiger partial charge in [-0.3, -0.25) is 9.59 Å². The first-order chi connectivity index (χ1) is 14.7. The van der Waals surface area contributed by atoms with Crippen molar-refractivity contribution in [3.05, 3.63) is 59.7 Å². The lowest BCUT2D eigenvalue weighted by Gasteiger charge is -2.30. The lowest BCUT2D eigenvalue weighted by molar-refractivity contribution is -0.158. The molecule has 1 unspecified atom stereocenters. The van der Waals surface area contributed by atoms with Gasteiger partial charge in [-0.1, -0.05) is 30.3 Å². The minimum atomic E-state index is -3.57. The summed E-state index contributed by atoms with van der Waals surface area (Å²) < 4.78 is 32.2. The van der Waals surface area contributed by atoms with E-state index in [-0.39, 0.29) is 18.0 Å². The van der Waals surface area contributed by atoms with Crippen LogP contribution in [0.3, 0.4) is 0 Å². The van der Waals surface area contributed by atoms with Crippen LogP contribution in [0, 0.1) is 19.8 Å². The Balaban J connectivity index is 1.53. The van der Waals surface area contributed by atoms with Crippen LogP contribution in [0.4, 0.5) is 5.69 Å². The highest BCUT2D eigenvalue weighted by atomic mass is 32.2. The number of aryl methyl sites for hydroxylation is 2. The van der Waals surface area contributed by atoms with Crippen molar-refractivity contribution in [3.8, 4) is 0 Å². The quantitative estimate of drug-likeness (QED) is 0.691. The average Bonchev–Trinajstić information content (AvgIpc) is 2.76. The van der Waals surface area contributed by atoms with E-state index >= 15 is 0 Å². The number of nitrogens with one attached hydrogen (secondary N) is 1. The Kier molecular flexibility index (Phi) is 7.12. The summed E-state index contributed by atoms with van der Waals surface area (Å²) in [5.41, 5.74) is 2.62. The van der Waals surface area contributed by atoms with Crippen LogP contribution in [0.2, 0.25) is 0 Å². The fourth-order valence-electron chi connectivity index (χ4n) is 3.50. The number of benzene rings is 2. The van der Waals surface area contributed by atoms with Gasteiger partial charge in [0.1, 0.15) is 0 Å². The summed E-state index contributed by atoms with van der Waals surface area (Å²) in [6, 6.07) is 14.0. The molecular weight excluding hydrogens is 416 g/mol. The van der Waals surface area contributed by atoms with Crippen LogP contribution < -0.4 is 5.32 Å². The number of hydrogen-bond donors (Lipinski definition) is 1. The molecule has 0 aliphatic carbocycles. The average molecular weight is 445 g/mol. The van der Waals surface area contributed by atoms with E-state index in [2.05, 4.69) is 5.32 Å². The van der Waals surface area contributed by atoms with Gasteiger partial charge in [-0.2, -0.15) is 4.31 Å². The number of anilines is 1. The zero-order valence-corrected chi connectivity index (χ0v) is 18.8. The largest absolute Gasteiger partial charge is 0.452 e. The molecule has 0 aromatic heterocycles. The number of carbonyl (C=O) groups is 2. The van der Waals surface area contributed by atoms with Crippen LogP contribution in [0.5, 0.6) is 0 Å². The number of rotatable bonds is 6.